The fourth-order valence-electron chi connectivity index (χ4n) is 4.41. The van der Waals surface area contributed by atoms with Crippen molar-refractivity contribution in [3.63, 3.8) is 0 Å². The molecule has 130 valence electrons. The quantitative estimate of drug-likeness (QED) is 0.353. The zero-order valence-corrected chi connectivity index (χ0v) is 13.7. The minimum absolute atomic E-state index is 0.00263. The molecule has 2 saturated carbocycles. The van der Waals surface area contributed by atoms with E-state index in [0.717, 1.165) is 5.57 Å². The largest absolute Gasteiger partial charge is 0.459 e. The molecule has 7 atom stereocenters. The Morgan fingerprint density at radius 2 is 2.08 bits per heavy atom. The highest BCUT2D eigenvalue weighted by atomic mass is 16.6. The summed E-state index contributed by atoms with van der Waals surface area (Å²) in [6.07, 6.45) is 0.259. The van der Waals surface area contributed by atoms with Crippen LogP contribution in [-0.2, 0) is 23.8 Å². The highest BCUT2D eigenvalue weighted by Gasteiger charge is 2.57. The number of ether oxygens (including phenoxy) is 3. The van der Waals surface area contributed by atoms with Gasteiger partial charge in [-0.25, -0.2) is 9.59 Å². The third-order valence-corrected chi connectivity index (χ3v) is 5.93. The number of aliphatic hydroxyl groups excluding tert-OH is 1. The number of carbonyl (C=O) groups excluding carboxylic acids is 2. The average Bonchev–Trinajstić information content (AvgIpc) is 3.07. The Bertz CT molecular complexity index is 633. The van der Waals surface area contributed by atoms with Crippen LogP contribution in [-0.4, -0.2) is 47.6 Å². The molecular weight excluding hydrogens is 312 g/mol. The highest BCUT2D eigenvalue weighted by molar-refractivity contribution is 5.91. The summed E-state index contributed by atoms with van der Waals surface area (Å²) in [7, 11) is 0. The van der Waals surface area contributed by atoms with Gasteiger partial charge in [0.05, 0.1) is 18.6 Å². The molecule has 6 nitrogen and oxygen atoms in total. The van der Waals surface area contributed by atoms with E-state index in [-0.39, 0.29) is 17.8 Å². The van der Waals surface area contributed by atoms with Crippen molar-refractivity contribution in [3.05, 3.63) is 24.3 Å². The number of esters is 2. The summed E-state index contributed by atoms with van der Waals surface area (Å²) in [6.45, 7) is 10.1. The first kappa shape index (κ1) is 15.8. The second-order valence-electron chi connectivity index (χ2n) is 7.64. The summed E-state index contributed by atoms with van der Waals surface area (Å²) >= 11 is 0. The molecule has 2 heterocycles. The molecule has 0 amide bonds. The normalized spacial score (nSPS) is 46.8. The van der Waals surface area contributed by atoms with E-state index in [1.165, 1.54) is 0 Å². The van der Waals surface area contributed by atoms with Crippen molar-refractivity contribution in [3.8, 4) is 0 Å². The average molecular weight is 334 g/mol. The van der Waals surface area contributed by atoms with Crippen molar-refractivity contribution in [2.24, 2.45) is 17.8 Å². The Morgan fingerprint density at radius 3 is 2.75 bits per heavy atom. The second kappa shape index (κ2) is 5.17. The van der Waals surface area contributed by atoms with Gasteiger partial charge in [0.1, 0.15) is 12.2 Å². The maximum Gasteiger partial charge on any atom is 0.340 e. The van der Waals surface area contributed by atoms with E-state index in [9.17, 15) is 14.7 Å². The highest BCUT2D eigenvalue weighted by Crippen LogP contribution is 2.51. The molecule has 4 aliphatic rings. The van der Waals surface area contributed by atoms with E-state index >= 15 is 0 Å². The van der Waals surface area contributed by atoms with E-state index < -0.39 is 35.9 Å². The molecule has 2 aliphatic heterocycles. The third-order valence-electron chi connectivity index (χ3n) is 5.93. The predicted octanol–water partition coefficient (Wildman–Crippen LogP) is 1.13. The van der Waals surface area contributed by atoms with Crippen molar-refractivity contribution < 1.29 is 28.9 Å². The molecule has 0 spiro atoms. The van der Waals surface area contributed by atoms with Gasteiger partial charge < -0.3 is 19.3 Å². The van der Waals surface area contributed by atoms with E-state index in [0.29, 0.717) is 31.4 Å². The summed E-state index contributed by atoms with van der Waals surface area (Å²) in [4.78, 5) is 24.4. The lowest BCUT2D eigenvalue weighted by molar-refractivity contribution is -0.158. The van der Waals surface area contributed by atoms with Crippen LogP contribution in [0.15, 0.2) is 24.3 Å². The van der Waals surface area contributed by atoms with E-state index in [2.05, 4.69) is 13.2 Å². The van der Waals surface area contributed by atoms with Gasteiger partial charge in [0, 0.05) is 17.9 Å². The topological polar surface area (TPSA) is 85.4 Å². The van der Waals surface area contributed by atoms with Crippen LogP contribution in [0.2, 0.25) is 0 Å². The van der Waals surface area contributed by atoms with Crippen LogP contribution in [0.1, 0.15) is 26.2 Å². The molecular formula is C18H22O6. The predicted molar refractivity (Wildman–Crippen MR) is 82.7 cm³/mol. The molecule has 6 heteroatoms. The number of fused-ring (bicyclic) bond motifs is 3. The van der Waals surface area contributed by atoms with Crippen molar-refractivity contribution >= 4 is 11.9 Å². The Morgan fingerprint density at radius 1 is 1.38 bits per heavy atom. The maximum atomic E-state index is 12.3. The molecule has 2 aliphatic carbocycles. The molecule has 0 aromatic rings. The van der Waals surface area contributed by atoms with E-state index in [1.807, 2.05) is 0 Å². The van der Waals surface area contributed by atoms with Gasteiger partial charge in [0.15, 0.2) is 5.60 Å². The van der Waals surface area contributed by atoms with Crippen molar-refractivity contribution in [2.45, 2.75) is 50.1 Å². The number of hydrogen-bond acceptors (Lipinski definition) is 6. The van der Waals surface area contributed by atoms with Crippen LogP contribution in [0.25, 0.3) is 0 Å². The number of epoxide rings is 1. The first-order valence-corrected chi connectivity index (χ1v) is 8.41. The monoisotopic (exact) mass is 334 g/mol. The maximum absolute atomic E-state index is 12.3. The number of rotatable bonds is 2. The summed E-state index contributed by atoms with van der Waals surface area (Å²) < 4.78 is 16.4. The van der Waals surface area contributed by atoms with Gasteiger partial charge in [-0.05, 0) is 25.7 Å². The van der Waals surface area contributed by atoms with Crippen molar-refractivity contribution in [1.29, 1.82) is 0 Å². The summed E-state index contributed by atoms with van der Waals surface area (Å²) in [5.41, 5.74) is 0.406. The van der Waals surface area contributed by atoms with Crippen LogP contribution in [0.3, 0.4) is 0 Å². The standard InChI is InChI=1S/C18H22O6/c1-8-4-13(23-17(21)18(3)7-22-18)14-9(2)16(20)24-15(14)12-6-10(19)5-11(8)12/h10-15,19H,1-2,4-7H2,3H3/t10-,11+,12+,13+,14-,15-,18+/m1/s1. The van der Waals surface area contributed by atoms with Crippen LogP contribution in [0.5, 0.6) is 0 Å². The molecule has 4 fully saturated rings. The van der Waals surface area contributed by atoms with Crippen molar-refractivity contribution in [2.75, 3.05) is 6.61 Å². The van der Waals surface area contributed by atoms with Gasteiger partial charge in [-0.15, -0.1) is 0 Å². The van der Waals surface area contributed by atoms with Crippen LogP contribution in [0.4, 0.5) is 0 Å². The van der Waals surface area contributed by atoms with Crippen LogP contribution >= 0.6 is 0 Å². The van der Waals surface area contributed by atoms with E-state index in [1.54, 1.807) is 6.92 Å². The lowest BCUT2D eigenvalue weighted by Crippen LogP contribution is -2.38. The molecule has 2 saturated heterocycles. The first-order chi connectivity index (χ1) is 11.3. The smallest absolute Gasteiger partial charge is 0.340 e. The van der Waals surface area contributed by atoms with Crippen LogP contribution < -0.4 is 0 Å². The van der Waals surface area contributed by atoms with Crippen molar-refractivity contribution in [1.82, 2.24) is 0 Å². The first-order valence-electron chi connectivity index (χ1n) is 8.41. The molecule has 0 radical (unpaired) electrons. The van der Waals surface area contributed by atoms with Gasteiger partial charge >= 0.3 is 11.9 Å². The number of carbonyl (C=O) groups is 2. The summed E-state index contributed by atoms with van der Waals surface area (Å²) in [5, 5.41) is 10.0. The fraction of sp³-hybridized carbons (Fsp3) is 0.667. The minimum atomic E-state index is -0.875. The summed E-state index contributed by atoms with van der Waals surface area (Å²) in [6, 6.07) is 0. The Labute approximate surface area is 140 Å². The lowest BCUT2D eigenvalue weighted by atomic mass is 9.83. The molecule has 0 aromatic carbocycles. The third kappa shape index (κ3) is 2.31. The van der Waals surface area contributed by atoms with E-state index in [4.69, 9.17) is 14.2 Å². The SMILES string of the molecule is C=C1C(=O)O[C@@H]2[C@H]3C[C@H](O)C[C@H]3C(=C)C[C@H](OC(=O)[C@]3(C)CO3)[C@@H]12. The summed E-state index contributed by atoms with van der Waals surface area (Å²) in [5.74, 6) is -1.17. The Balaban J connectivity index is 1.64. The molecule has 0 bridgehead atoms. The molecule has 0 aromatic heterocycles. The van der Waals surface area contributed by atoms with Crippen LogP contribution in [0, 0.1) is 17.8 Å². The number of hydrogen-bond donors (Lipinski definition) is 1. The second-order valence-corrected chi connectivity index (χ2v) is 7.64. The molecule has 24 heavy (non-hydrogen) atoms. The molecule has 1 N–H and O–H groups in total. The van der Waals surface area contributed by atoms with Gasteiger partial charge in [-0.3, -0.25) is 0 Å². The molecule has 0 unspecified atom stereocenters. The zero-order valence-electron chi connectivity index (χ0n) is 13.7. The van der Waals surface area contributed by atoms with Gasteiger partial charge in [0.2, 0.25) is 0 Å². The molecule has 4 rings (SSSR count). The van der Waals surface area contributed by atoms with Gasteiger partial charge in [0.25, 0.3) is 0 Å². The number of aliphatic hydroxyl groups is 1. The Hall–Kier alpha value is -1.66. The minimum Gasteiger partial charge on any atom is -0.459 e. The lowest BCUT2D eigenvalue weighted by Gasteiger charge is -2.27. The van der Waals surface area contributed by atoms with Gasteiger partial charge in [-0.1, -0.05) is 18.7 Å². The van der Waals surface area contributed by atoms with Gasteiger partial charge in [-0.2, -0.15) is 0 Å². The Kier molecular flexibility index (Phi) is 3.41. The fourth-order valence-corrected chi connectivity index (χ4v) is 4.41. The zero-order chi connectivity index (χ0) is 17.2.